The minimum atomic E-state index is -0.353. The summed E-state index contributed by atoms with van der Waals surface area (Å²) in [6.07, 6.45) is 1.11. The fourth-order valence-electron chi connectivity index (χ4n) is 1.56. The lowest BCUT2D eigenvalue weighted by Crippen LogP contribution is -2.10. The molecule has 3 heteroatoms. The highest BCUT2D eigenvalue weighted by molar-refractivity contribution is 5.67. The average Bonchev–Trinajstić information content (AvgIpc) is 2.68. The molecule has 14 heavy (non-hydrogen) atoms. The molecule has 0 heterocycles. The maximum Gasteiger partial charge on any atom is 0.148 e. The topological polar surface area (TPSA) is 38.0 Å². The van der Waals surface area contributed by atoms with Crippen molar-refractivity contribution in [3.63, 3.8) is 0 Å². The second-order valence-corrected chi connectivity index (χ2v) is 4.59. The predicted octanol–water partition coefficient (Wildman–Crippen LogP) is 2.62. The van der Waals surface area contributed by atoms with E-state index in [9.17, 15) is 4.39 Å². The third-order valence-electron chi connectivity index (χ3n) is 2.90. The van der Waals surface area contributed by atoms with Gasteiger partial charge in [-0.25, -0.2) is 4.39 Å². The number of benzene rings is 1. The molecule has 76 valence electrons. The van der Waals surface area contributed by atoms with E-state index in [0.29, 0.717) is 17.1 Å². The Morgan fingerprint density at radius 2 is 2.14 bits per heavy atom. The van der Waals surface area contributed by atoms with Gasteiger partial charge in [0.05, 0.1) is 11.4 Å². The summed E-state index contributed by atoms with van der Waals surface area (Å²) in [7, 11) is 0. The molecule has 1 aliphatic carbocycles. The van der Waals surface area contributed by atoms with Crippen molar-refractivity contribution in [3.05, 3.63) is 24.0 Å². The fraction of sp³-hybridized carbons (Fsp3) is 0.455. The molecule has 1 aliphatic rings. The Kier molecular flexibility index (Phi) is 1.91. The zero-order chi connectivity index (χ0) is 10.3. The van der Waals surface area contributed by atoms with Gasteiger partial charge in [-0.15, -0.1) is 0 Å². The molecular formula is C11H15FN2. The van der Waals surface area contributed by atoms with Crippen molar-refractivity contribution in [1.82, 2.24) is 0 Å². The molecule has 2 rings (SSSR count). The van der Waals surface area contributed by atoms with Gasteiger partial charge in [-0.05, 0) is 24.0 Å². The highest BCUT2D eigenvalue weighted by atomic mass is 19.1. The van der Waals surface area contributed by atoms with Gasteiger partial charge in [-0.1, -0.05) is 19.9 Å². The van der Waals surface area contributed by atoms with Crippen LogP contribution in [0.5, 0.6) is 0 Å². The van der Waals surface area contributed by atoms with Gasteiger partial charge in [0.25, 0.3) is 0 Å². The van der Waals surface area contributed by atoms with Gasteiger partial charge in [0.1, 0.15) is 5.82 Å². The Balaban J connectivity index is 2.14. The zero-order valence-electron chi connectivity index (χ0n) is 8.47. The van der Waals surface area contributed by atoms with Crippen molar-refractivity contribution in [2.75, 3.05) is 11.1 Å². The molecule has 0 saturated heterocycles. The van der Waals surface area contributed by atoms with Crippen molar-refractivity contribution in [1.29, 1.82) is 0 Å². The molecule has 0 amide bonds. The summed E-state index contributed by atoms with van der Waals surface area (Å²) in [6.45, 7) is 4.36. The van der Waals surface area contributed by atoms with Crippen molar-refractivity contribution in [3.8, 4) is 0 Å². The summed E-state index contributed by atoms with van der Waals surface area (Å²) >= 11 is 0. The van der Waals surface area contributed by atoms with Gasteiger partial charge >= 0.3 is 0 Å². The van der Waals surface area contributed by atoms with Crippen molar-refractivity contribution >= 4 is 11.4 Å². The van der Waals surface area contributed by atoms with E-state index in [0.717, 1.165) is 6.42 Å². The van der Waals surface area contributed by atoms with Crippen LogP contribution in [0.2, 0.25) is 0 Å². The predicted molar refractivity (Wildman–Crippen MR) is 56.6 cm³/mol. The van der Waals surface area contributed by atoms with Crippen LogP contribution in [0.1, 0.15) is 20.3 Å². The summed E-state index contributed by atoms with van der Waals surface area (Å²) < 4.78 is 13.1. The Morgan fingerprint density at radius 1 is 1.50 bits per heavy atom. The van der Waals surface area contributed by atoms with Crippen LogP contribution in [0.3, 0.4) is 0 Å². The summed E-state index contributed by atoms with van der Waals surface area (Å²) in [5.41, 5.74) is 6.85. The Morgan fingerprint density at radius 3 is 2.71 bits per heavy atom. The van der Waals surface area contributed by atoms with Gasteiger partial charge < -0.3 is 11.1 Å². The van der Waals surface area contributed by atoms with Crippen molar-refractivity contribution in [2.45, 2.75) is 26.3 Å². The first-order valence-electron chi connectivity index (χ1n) is 4.81. The monoisotopic (exact) mass is 194 g/mol. The largest absolute Gasteiger partial charge is 0.395 e. The maximum absolute atomic E-state index is 13.1. The molecule has 1 aromatic carbocycles. The lowest BCUT2D eigenvalue weighted by Gasteiger charge is -2.10. The first-order chi connectivity index (χ1) is 6.50. The molecule has 1 aromatic rings. The second-order valence-electron chi connectivity index (χ2n) is 4.59. The lowest BCUT2D eigenvalue weighted by molar-refractivity contribution is 0.626. The maximum atomic E-state index is 13.1. The van der Waals surface area contributed by atoms with Crippen LogP contribution < -0.4 is 11.1 Å². The summed E-state index contributed by atoms with van der Waals surface area (Å²) in [5.74, 6) is -0.353. The quantitative estimate of drug-likeness (QED) is 0.710. The van der Waals surface area contributed by atoms with Gasteiger partial charge in [-0.3, -0.25) is 0 Å². The number of anilines is 2. The molecule has 2 nitrogen and oxygen atoms in total. The molecule has 1 saturated carbocycles. The summed E-state index contributed by atoms with van der Waals surface area (Å²) in [5, 5.41) is 3.25. The van der Waals surface area contributed by atoms with Gasteiger partial charge in [-0.2, -0.15) is 0 Å². The van der Waals surface area contributed by atoms with E-state index < -0.39 is 0 Å². The molecule has 0 bridgehead atoms. The normalized spacial score (nSPS) is 23.2. The molecule has 0 radical (unpaired) electrons. The number of hydrogen-bond donors (Lipinski definition) is 2. The smallest absolute Gasteiger partial charge is 0.148 e. The fourth-order valence-corrected chi connectivity index (χ4v) is 1.56. The van der Waals surface area contributed by atoms with Gasteiger partial charge in [0, 0.05) is 6.04 Å². The SMILES string of the molecule is CC1(C)CC1Nc1cccc(F)c1N. The first kappa shape index (κ1) is 9.31. The third kappa shape index (κ3) is 1.54. The Hall–Kier alpha value is -1.25. The van der Waals surface area contributed by atoms with E-state index in [1.807, 2.05) is 6.07 Å². The van der Waals surface area contributed by atoms with E-state index in [-0.39, 0.29) is 11.5 Å². The first-order valence-corrected chi connectivity index (χ1v) is 4.81. The van der Waals surface area contributed by atoms with Crippen LogP contribution in [0.15, 0.2) is 18.2 Å². The molecule has 0 spiro atoms. The van der Waals surface area contributed by atoms with E-state index in [2.05, 4.69) is 19.2 Å². The van der Waals surface area contributed by atoms with Crippen LogP contribution in [0.25, 0.3) is 0 Å². The zero-order valence-corrected chi connectivity index (χ0v) is 8.47. The van der Waals surface area contributed by atoms with Crippen LogP contribution >= 0.6 is 0 Å². The number of rotatable bonds is 2. The number of para-hydroxylation sites is 1. The minimum Gasteiger partial charge on any atom is -0.395 e. The summed E-state index contributed by atoms with van der Waals surface area (Å²) in [6, 6.07) is 5.28. The van der Waals surface area contributed by atoms with Crippen molar-refractivity contribution < 1.29 is 4.39 Å². The highest BCUT2D eigenvalue weighted by Gasteiger charge is 2.45. The molecule has 0 aliphatic heterocycles. The minimum absolute atomic E-state index is 0.218. The Labute approximate surface area is 83.3 Å². The van der Waals surface area contributed by atoms with Crippen LogP contribution in [0.4, 0.5) is 15.8 Å². The van der Waals surface area contributed by atoms with E-state index in [1.165, 1.54) is 6.07 Å². The van der Waals surface area contributed by atoms with E-state index >= 15 is 0 Å². The van der Waals surface area contributed by atoms with Crippen LogP contribution in [0, 0.1) is 11.2 Å². The standard InChI is InChI=1S/C11H15FN2/c1-11(2)6-9(11)14-8-5-3-4-7(12)10(8)13/h3-5,9,14H,6,13H2,1-2H3. The van der Waals surface area contributed by atoms with Gasteiger partial charge in [0.2, 0.25) is 0 Å². The van der Waals surface area contributed by atoms with Crippen LogP contribution in [-0.2, 0) is 0 Å². The van der Waals surface area contributed by atoms with E-state index in [1.54, 1.807) is 6.07 Å². The van der Waals surface area contributed by atoms with E-state index in [4.69, 9.17) is 5.73 Å². The molecule has 1 atom stereocenters. The van der Waals surface area contributed by atoms with Gasteiger partial charge in [0.15, 0.2) is 0 Å². The number of nitrogen functional groups attached to an aromatic ring is 1. The van der Waals surface area contributed by atoms with Crippen molar-refractivity contribution in [2.24, 2.45) is 5.41 Å². The lowest BCUT2D eigenvalue weighted by atomic mass is 10.2. The Bertz CT molecular complexity index is 360. The molecular weight excluding hydrogens is 179 g/mol. The second kappa shape index (κ2) is 2.87. The third-order valence-corrected chi connectivity index (χ3v) is 2.90. The molecule has 0 aromatic heterocycles. The number of hydrogen-bond acceptors (Lipinski definition) is 2. The molecule has 3 N–H and O–H groups in total. The number of halogens is 1. The number of nitrogens with one attached hydrogen (secondary N) is 1. The average molecular weight is 194 g/mol. The number of nitrogens with two attached hydrogens (primary N) is 1. The molecule has 1 unspecified atom stereocenters. The molecule has 1 fully saturated rings. The van der Waals surface area contributed by atoms with Crippen LogP contribution in [-0.4, -0.2) is 6.04 Å². The highest BCUT2D eigenvalue weighted by Crippen LogP contribution is 2.47. The summed E-state index contributed by atoms with van der Waals surface area (Å²) in [4.78, 5) is 0.